The Balaban J connectivity index is 3.03. The van der Waals surface area contributed by atoms with Gasteiger partial charge >= 0.3 is 0 Å². The fourth-order valence-electron chi connectivity index (χ4n) is 1.42. The molecule has 0 saturated carbocycles. The van der Waals surface area contributed by atoms with Gasteiger partial charge in [0.2, 0.25) is 0 Å². The predicted molar refractivity (Wildman–Crippen MR) is 97.0 cm³/mol. The molecule has 21 heavy (non-hydrogen) atoms. The number of thiol groups is 1. The van der Waals surface area contributed by atoms with Crippen LogP contribution in [0.25, 0.3) is 0 Å². The third-order valence-corrected chi connectivity index (χ3v) is 4.77. The zero-order valence-electron chi connectivity index (χ0n) is 13.5. The van der Waals surface area contributed by atoms with Crippen LogP contribution in [-0.4, -0.2) is 80.3 Å². The molecule has 0 aliphatic carbocycles. The minimum atomic E-state index is 0.631. The summed E-state index contributed by atoms with van der Waals surface area (Å²) < 4.78 is 20.5. The number of hydrogen-bond acceptors (Lipinski definition) is 8. The largest absolute Gasteiger partial charge is 0.379 e. The minimum absolute atomic E-state index is 0.631. The third kappa shape index (κ3) is 17.0. The lowest BCUT2D eigenvalue weighted by Gasteiger charge is -2.12. The second kappa shape index (κ2) is 17.2. The monoisotopic (exact) mass is 358 g/mol. The number of hydrogen-bond donors (Lipinski definition) is 1. The Morgan fingerprint density at radius 3 is 1.71 bits per heavy atom. The molecule has 0 bridgehead atoms. The van der Waals surface area contributed by atoms with Crippen molar-refractivity contribution in [3.8, 4) is 0 Å². The van der Waals surface area contributed by atoms with Gasteiger partial charge in [-0.2, -0.15) is 3.71 Å². The van der Waals surface area contributed by atoms with Gasteiger partial charge in [0.05, 0.1) is 26.4 Å². The highest BCUT2D eigenvalue weighted by Gasteiger charge is 1.97. The molecule has 0 amide bonds. The van der Waals surface area contributed by atoms with Gasteiger partial charge in [0, 0.05) is 26.3 Å². The van der Waals surface area contributed by atoms with E-state index in [0.29, 0.717) is 26.4 Å². The first kappa shape index (κ1) is 21.9. The molecular weight excluding hydrogens is 328 g/mol. The minimum Gasteiger partial charge on any atom is -0.379 e. The topological polar surface area (TPSA) is 34.2 Å². The Labute approximate surface area is 144 Å². The van der Waals surface area contributed by atoms with E-state index >= 15 is 0 Å². The quantitative estimate of drug-likeness (QED) is 0.258. The molecule has 0 spiro atoms. The number of nitrogens with zero attached hydrogens (tertiary/aromatic N) is 2. The van der Waals surface area contributed by atoms with E-state index in [-0.39, 0.29) is 0 Å². The molecule has 0 N–H and O–H groups in total. The molecule has 0 aromatic heterocycles. The van der Waals surface area contributed by atoms with Crippen LogP contribution < -0.4 is 0 Å². The van der Waals surface area contributed by atoms with Crippen LogP contribution in [0.1, 0.15) is 12.8 Å². The summed E-state index contributed by atoms with van der Waals surface area (Å²) in [6.07, 6.45) is 6.12. The van der Waals surface area contributed by atoms with Gasteiger partial charge in [0.25, 0.3) is 0 Å². The van der Waals surface area contributed by atoms with Crippen LogP contribution in [-0.2, 0) is 14.2 Å². The Bertz CT molecular complexity index is 197. The molecule has 8 heteroatoms. The molecular formula is C13H30N2O3S3. The summed E-state index contributed by atoms with van der Waals surface area (Å²) >= 11 is 7.60. The van der Waals surface area contributed by atoms with Crippen LogP contribution in [0.4, 0.5) is 0 Å². The van der Waals surface area contributed by atoms with Crippen molar-refractivity contribution in [3.05, 3.63) is 0 Å². The van der Waals surface area contributed by atoms with Gasteiger partial charge in [-0.05, 0) is 32.4 Å². The molecule has 0 atom stereocenters. The van der Waals surface area contributed by atoms with E-state index < -0.39 is 0 Å². The lowest BCUT2D eigenvalue weighted by molar-refractivity contribution is 0.0134. The van der Waals surface area contributed by atoms with Crippen LogP contribution in [0.5, 0.6) is 0 Å². The molecule has 0 radical (unpaired) electrons. The molecule has 0 fully saturated rings. The Hall–Kier alpha value is 0.850. The number of rotatable bonds is 16. The van der Waals surface area contributed by atoms with Crippen LogP contribution in [0.3, 0.4) is 0 Å². The summed E-state index contributed by atoms with van der Waals surface area (Å²) in [5.41, 5.74) is 0. The first-order valence-electron chi connectivity index (χ1n) is 7.19. The van der Waals surface area contributed by atoms with E-state index in [2.05, 4.69) is 30.4 Å². The first-order valence-corrected chi connectivity index (χ1v) is 9.96. The van der Waals surface area contributed by atoms with Crippen molar-refractivity contribution in [1.82, 2.24) is 8.02 Å². The molecule has 0 saturated heterocycles. The van der Waals surface area contributed by atoms with Crippen LogP contribution >= 0.6 is 36.7 Å². The average Bonchev–Trinajstić information content (AvgIpc) is 2.51. The Kier molecular flexibility index (Phi) is 17.9. The maximum atomic E-state index is 5.49. The Morgan fingerprint density at radius 2 is 1.24 bits per heavy atom. The van der Waals surface area contributed by atoms with Crippen molar-refractivity contribution in [1.29, 1.82) is 0 Å². The molecule has 0 unspecified atom stereocenters. The summed E-state index contributed by atoms with van der Waals surface area (Å²) in [4.78, 5) is 0. The Morgan fingerprint density at radius 1 is 0.762 bits per heavy atom. The zero-order valence-corrected chi connectivity index (χ0v) is 16.0. The SMILES string of the molecule is CSN(C)CCCOCCOCCOCCCN(S)SC. The van der Waals surface area contributed by atoms with Gasteiger partial charge in [-0.15, -0.1) is 0 Å². The van der Waals surface area contributed by atoms with Crippen molar-refractivity contribution < 1.29 is 14.2 Å². The average molecular weight is 359 g/mol. The van der Waals surface area contributed by atoms with Crippen molar-refractivity contribution >= 4 is 36.7 Å². The van der Waals surface area contributed by atoms with Gasteiger partial charge in [-0.3, -0.25) is 4.31 Å². The van der Waals surface area contributed by atoms with Crippen LogP contribution in [0, 0.1) is 0 Å². The summed E-state index contributed by atoms with van der Waals surface area (Å²) in [5, 5.41) is 0. The first-order chi connectivity index (χ1) is 10.2. The van der Waals surface area contributed by atoms with Crippen molar-refractivity contribution in [3.63, 3.8) is 0 Å². The maximum Gasteiger partial charge on any atom is 0.0701 e. The van der Waals surface area contributed by atoms with E-state index in [0.717, 1.165) is 39.1 Å². The van der Waals surface area contributed by atoms with Crippen LogP contribution in [0.15, 0.2) is 0 Å². The molecule has 0 aromatic carbocycles. The summed E-state index contributed by atoms with van der Waals surface area (Å²) in [6, 6.07) is 0. The second-order valence-corrected chi connectivity index (χ2v) is 6.88. The molecule has 0 aliphatic heterocycles. The zero-order chi connectivity index (χ0) is 15.8. The van der Waals surface area contributed by atoms with Crippen LogP contribution in [0.2, 0.25) is 0 Å². The molecule has 5 nitrogen and oxygen atoms in total. The fraction of sp³-hybridized carbons (Fsp3) is 1.00. The third-order valence-electron chi connectivity index (χ3n) is 2.67. The maximum absolute atomic E-state index is 5.49. The number of ether oxygens (including phenoxy) is 3. The van der Waals surface area contributed by atoms with E-state index in [4.69, 9.17) is 14.2 Å². The lowest BCUT2D eigenvalue weighted by Crippen LogP contribution is -2.14. The summed E-state index contributed by atoms with van der Waals surface area (Å²) in [6.45, 7) is 6.08. The molecule has 0 aromatic rings. The summed E-state index contributed by atoms with van der Waals surface area (Å²) in [5.74, 6) is 0. The highest BCUT2D eigenvalue weighted by Crippen LogP contribution is 2.07. The van der Waals surface area contributed by atoms with E-state index in [9.17, 15) is 0 Å². The lowest BCUT2D eigenvalue weighted by atomic mass is 10.4. The molecule has 0 aliphatic rings. The van der Waals surface area contributed by atoms with Gasteiger partial charge < -0.3 is 14.2 Å². The van der Waals surface area contributed by atoms with Crippen molar-refractivity contribution in [2.24, 2.45) is 0 Å². The smallest absolute Gasteiger partial charge is 0.0701 e. The fourth-order valence-corrected chi connectivity index (χ4v) is 2.18. The standard InChI is InChI=1S/C13H30N2O3S3/c1-14(20-2)6-4-8-16-10-12-18-13-11-17-9-5-7-15(19)21-3/h19H,4-13H2,1-3H3. The molecule has 0 heterocycles. The molecule has 128 valence electrons. The van der Waals surface area contributed by atoms with Gasteiger partial charge in [-0.25, -0.2) is 0 Å². The molecule has 0 rings (SSSR count). The van der Waals surface area contributed by atoms with Gasteiger partial charge in [-0.1, -0.05) is 36.7 Å². The highest BCUT2D eigenvalue weighted by molar-refractivity contribution is 8.04. The summed E-state index contributed by atoms with van der Waals surface area (Å²) in [7, 11) is 2.09. The predicted octanol–water partition coefficient (Wildman–Crippen LogP) is 2.45. The van der Waals surface area contributed by atoms with Crippen molar-refractivity contribution in [2.75, 3.05) is 72.3 Å². The normalized spacial score (nSPS) is 11.7. The highest BCUT2D eigenvalue weighted by atomic mass is 32.2. The van der Waals surface area contributed by atoms with E-state index in [1.54, 1.807) is 23.9 Å². The van der Waals surface area contributed by atoms with E-state index in [1.807, 2.05) is 9.97 Å². The second-order valence-electron chi connectivity index (χ2n) is 4.34. The van der Waals surface area contributed by atoms with Crippen molar-refractivity contribution in [2.45, 2.75) is 12.8 Å². The van der Waals surface area contributed by atoms with Gasteiger partial charge in [0.1, 0.15) is 0 Å². The van der Waals surface area contributed by atoms with E-state index in [1.165, 1.54) is 0 Å². The van der Waals surface area contributed by atoms with Gasteiger partial charge in [0.15, 0.2) is 0 Å².